The number of nitrogens with two attached hydrogens (primary N) is 1. The maximum Gasteiger partial charge on any atom is 0.230 e. The molecule has 1 amide bonds. The van der Waals surface area contributed by atoms with Crippen molar-refractivity contribution in [3.05, 3.63) is 29.8 Å². The van der Waals surface area contributed by atoms with Gasteiger partial charge in [-0.05, 0) is 69.4 Å². The Bertz CT molecular complexity index is 487. The molecule has 21 heavy (non-hydrogen) atoms. The first-order valence-electron chi connectivity index (χ1n) is 8.07. The van der Waals surface area contributed by atoms with E-state index in [0.717, 1.165) is 43.6 Å². The number of likely N-dealkylation sites (tertiary alicyclic amines) is 1. The van der Waals surface area contributed by atoms with Gasteiger partial charge in [0.2, 0.25) is 5.91 Å². The summed E-state index contributed by atoms with van der Waals surface area (Å²) in [7, 11) is 0. The van der Waals surface area contributed by atoms with Crippen LogP contribution in [0.15, 0.2) is 24.3 Å². The molecular weight excluding hydrogens is 262 g/mol. The molecule has 1 saturated heterocycles. The number of hydrogen-bond donors (Lipinski definition) is 2. The van der Waals surface area contributed by atoms with Gasteiger partial charge in [-0.25, -0.2) is 0 Å². The Labute approximate surface area is 126 Å². The average Bonchev–Trinajstić information content (AvgIpc) is 3.14. The van der Waals surface area contributed by atoms with Crippen LogP contribution >= 0.6 is 0 Å². The van der Waals surface area contributed by atoms with E-state index < -0.39 is 0 Å². The highest BCUT2D eigenvalue weighted by Crippen LogP contribution is 2.48. The van der Waals surface area contributed by atoms with Gasteiger partial charge in [0.15, 0.2) is 0 Å². The summed E-state index contributed by atoms with van der Waals surface area (Å²) >= 11 is 0. The van der Waals surface area contributed by atoms with Crippen molar-refractivity contribution in [2.75, 3.05) is 31.9 Å². The molecule has 2 fully saturated rings. The van der Waals surface area contributed by atoms with Gasteiger partial charge in [0.05, 0.1) is 5.41 Å². The van der Waals surface area contributed by atoms with Gasteiger partial charge in [-0.2, -0.15) is 0 Å². The average molecular weight is 287 g/mol. The summed E-state index contributed by atoms with van der Waals surface area (Å²) in [4.78, 5) is 14.9. The molecule has 0 atom stereocenters. The largest absolute Gasteiger partial charge is 0.399 e. The highest BCUT2D eigenvalue weighted by atomic mass is 16.2. The maximum absolute atomic E-state index is 12.5. The number of carbonyl (C=O) groups is 1. The van der Waals surface area contributed by atoms with Crippen molar-refractivity contribution in [1.29, 1.82) is 0 Å². The Morgan fingerprint density at radius 1 is 1.19 bits per heavy atom. The fourth-order valence-electron chi connectivity index (χ4n) is 3.25. The van der Waals surface area contributed by atoms with E-state index >= 15 is 0 Å². The quantitative estimate of drug-likeness (QED) is 0.620. The van der Waals surface area contributed by atoms with Crippen LogP contribution < -0.4 is 11.1 Å². The van der Waals surface area contributed by atoms with Gasteiger partial charge in [-0.3, -0.25) is 4.79 Å². The van der Waals surface area contributed by atoms with E-state index in [-0.39, 0.29) is 11.3 Å². The lowest BCUT2D eigenvalue weighted by atomic mass is 9.95. The topological polar surface area (TPSA) is 58.4 Å². The van der Waals surface area contributed by atoms with E-state index in [2.05, 4.69) is 10.2 Å². The molecular formula is C17H25N3O. The van der Waals surface area contributed by atoms with Crippen molar-refractivity contribution in [2.45, 2.75) is 37.5 Å². The third-order valence-electron chi connectivity index (χ3n) is 4.78. The normalized spacial score (nSPS) is 20.4. The summed E-state index contributed by atoms with van der Waals surface area (Å²) in [6.45, 7) is 4.34. The van der Waals surface area contributed by atoms with Gasteiger partial charge in [-0.1, -0.05) is 12.1 Å². The van der Waals surface area contributed by atoms with E-state index in [0.29, 0.717) is 0 Å². The molecule has 0 spiro atoms. The molecule has 1 aromatic rings. The molecule has 2 aliphatic rings. The van der Waals surface area contributed by atoms with Gasteiger partial charge in [0, 0.05) is 12.2 Å². The highest BCUT2D eigenvalue weighted by Gasteiger charge is 2.50. The zero-order chi connectivity index (χ0) is 14.7. The second-order valence-electron chi connectivity index (χ2n) is 6.36. The predicted octanol–water partition coefficient (Wildman–Crippen LogP) is 1.90. The molecule has 4 nitrogen and oxygen atoms in total. The Balaban J connectivity index is 1.47. The van der Waals surface area contributed by atoms with Gasteiger partial charge < -0.3 is 16.0 Å². The van der Waals surface area contributed by atoms with Crippen LogP contribution in [0.2, 0.25) is 0 Å². The minimum absolute atomic E-state index is 0.189. The van der Waals surface area contributed by atoms with Crippen molar-refractivity contribution in [1.82, 2.24) is 10.2 Å². The second-order valence-corrected chi connectivity index (χ2v) is 6.36. The molecule has 1 saturated carbocycles. The lowest BCUT2D eigenvalue weighted by Gasteiger charge is -2.18. The first-order valence-corrected chi connectivity index (χ1v) is 8.07. The Kier molecular flexibility index (Phi) is 4.15. The van der Waals surface area contributed by atoms with E-state index in [4.69, 9.17) is 5.73 Å². The fourth-order valence-corrected chi connectivity index (χ4v) is 3.25. The Morgan fingerprint density at radius 2 is 1.86 bits per heavy atom. The third kappa shape index (κ3) is 3.21. The molecule has 0 radical (unpaired) electrons. The van der Waals surface area contributed by atoms with Crippen LogP contribution in [0.4, 0.5) is 5.69 Å². The lowest BCUT2D eigenvalue weighted by Crippen LogP contribution is -2.36. The number of nitrogen functional groups attached to an aromatic ring is 1. The van der Waals surface area contributed by atoms with E-state index in [1.165, 1.54) is 25.9 Å². The van der Waals surface area contributed by atoms with Crippen molar-refractivity contribution < 1.29 is 4.79 Å². The monoisotopic (exact) mass is 287 g/mol. The number of hydrogen-bond acceptors (Lipinski definition) is 3. The summed E-state index contributed by atoms with van der Waals surface area (Å²) in [5.41, 5.74) is 7.30. The summed E-state index contributed by atoms with van der Waals surface area (Å²) in [5, 5.41) is 3.13. The maximum atomic E-state index is 12.5. The lowest BCUT2D eigenvalue weighted by molar-refractivity contribution is -0.123. The number of anilines is 1. The summed E-state index contributed by atoms with van der Waals surface area (Å²) in [6, 6.07) is 7.75. The minimum atomic E-state index is -0.276. The zero-order valence-corrected chi connectivity index (χ0v) is 12.6. The van der Waals surface area contributed by atoms with Crippen LogP contribution in [-0.4, -0.2) is 37.0 Å². The number of nitrogens with zero attached hydrogens (tertiary/aromatic N) is 1. The Hall–Kier alpha value is -1.55. The smallest absolute Gasteiger partial charge is 0.230 e. The van der Waals surface area contributed by atoms with E-state index in [1.54, 1.807) is 0 Å². The van der Waals surface area contributed by atoms with Crippen molar-refractivity contribution in [3.8, 4) is 0 Å². The summed E-state index contributed by atoms with van der Waals surface area (Å²) < 4.78 is 0. The number of carbonyl (C=O) groups excluding carboxylic acids is 1. The minimum Gasteiger partial charge on any atom is -0.399 e. The first kappa shape index (κ1) is 14.4. The predicted molar refractivity (Wildman–Crippen MR) is 85.1 cm³/mol. The summed E-state index contributed by atoms with van der Waals surface area (Å²) in [6.07, 6.45) is 5.60. The molecule has 0 bridgehead atoms. The van der Waals surface area contributed by atoms with Crippen LogP contribution in [-0.2, 0) is 10.2 Å². The fraction of sp³-hybridized carbons (Fsp3) is 0.588. The molecule has 1 heterocycles. The number of nitrogens with one attached hydrogen (secondary N) is 1. The third-order valence-corrected chi connectivity index (χ3v) is 4.78. The standard InChI is InChI=1S/C17H25N3O/c18-15-6-4-14(5-7-15)17(8-9-17)16(21)19-10-3-13-20-11-1-2-12-20/h4-7H,1-3,8-13,18H2,(H,19,21). The molecule has 114 valence electrons. The van der Waals surface area contributed by atoms with Crippen molar-refractivity contribution >= 4 is 11.6 Å². The molecule has 1 aromatic carbocycles. The molecule has 0 unspecified atom stereocenters. The molecule has 1 aliphatic heterocycles. The highest BCUT2D eigenvalue weighted by molar-refractivity contribution is 5.91. The van der Waals surface area contributed by atoms with Crippen molar-refractivity contribution in [3.63, 3.8) is 0 Å². The van der Waals surface area contributed by atoms with Crippen LogP contribution in [0.1, 0.15) is 37.7 Å². The SMILES string of the molecule is Nc1ccc(C2(C(=O)NCCCN3CCCC3)CC2)cc1. The number of rotatable bonds is 6. The molecule has 1 aliphatic carbocycles. The van der Waals surface area contributed by atoms with Crippen LogP contribution in [0.5, 0.6) is 0 Å². The van der Waals surface area contributed by atoms with E-state index in [9.17, 15) is 4.79 Å². The van der Waals surface area contributed by atoms with Gasteiger partial charge in [-0.15, -0.1) is 0 Å². The molecule has 0 aromatic heterocycles. The van der Waals surface area contributed by atoms with Crippen LogP contribution in [0.25, 0.3) is 0 Å². The summed E-state index contributed by atoms with van der Waals surface area (Å²) in [5.74, 6) is 0.189. The number of amides is 1. The Morgan fingerprint density at radius 3 is 2.48 bits per heavy atom. The molecule has 3 N–H and O–H groups in total. The van der Waals surface area contributed by atoms with Crippen LogP contribution in [0.3, 0.4) is 0 Å². The zero-order valence-electron chi connectivity index (χ0n) is 12.6. The van der Waals surface area contributed by atoms with Gasteiger partial charge in [0.25, 0.3) is 0 Å². The number of benzene rings is 1. The molecule has 4 heteroatoms. The van der Waals surface area contributed by atoms with Gasteiger partial charge >= 0.3 is 0 Å². The van der Waals surface area contributed by atoms with Gasteiger partial charge in [0.1, 0.15) is 0 Å². The first-order chi connectivity index (χ1) is 10.2. The second kappa shape index (κ2) is 6.06. The molecule has 3 rings (SSSR count). The van der Waals surface area contributed by atoms with Crippen LogP contribution in [0, 0.1) is 0 Å². The van der Waals surface area contributed by atoms with E-state index in [1.807, 2.05) is 24.3 Å². The van der Waals surface area contributed by atoms with Crippen molar-refractivity contribution in [2.24, 2.45) is 0 Å².